The van der Waals surface area contributed by atoms with Crippen LogP contribution in [0.2, 0.25) is 0 Å². The highest BCUT2D eigenvalue weighted by Crippen LogP contribution is 2.44. The molecule has 9 heteroatoms. The van der Waals surface area contributed by atoms with Crippen LogP contribution < -0.4 is 5.32 Å². The Bertz CT molecular complexity index is 995. The molecule has 3 heterocycles. The molecule has 2 aliphatic heterocycles. The number of aryl methyl sites for hydroxylation is 1. The second-order valence-corrected chi connectivity index (χ2v) is 12.7. The molecule has 2 fully saturated rings. The van der Waals surface area contributed by atoms with E-state index in [1.807, 2.05) is 27.7 Å². The van der Waals surface area contributed by atoms with Crippen LogP contribution >= 0.6 is 11.3 Å². The summed E-state index contributed by atoms with van der Waals surface area (Å²) in [7, 11) is 0. The van der Waals surface area contributed by atoms with Crippen molar-refractivity contribution in [2.24, 2.45) is 17.3 Å². The number of nitrogens with one attached hydrogen (secondary N) is 1. The molecule has 1 amide bonds. The predicted octanol–water partition coefficient (Wildman–Crippen LogP) is 4.74. The van der Waals surface area contributed by atoms with Crippen molar-refractivity contribution in [3.63, 3.8) is 0 Å². The van der Waals surface area contributed by atoms with E-state index in [0.717, 1.165) is 24.3 Å². The Balaban J connectivity index is 1.88. The SMILES string of the molecule is CCC[C@H]1C(=O)C(C)(C)[C@@H](O)CC(=O)N[C@H](/C(F)=C/c2csc(C)n2)C[C@@H]2O[C@]2(C)CCC[C@H](C)[C@@H]1O. The van der Waals surface area contributed by atoms with Crippen LogP contribution in [0.15, 0.2) is 11.2 Å². The lowest BCUT2D eigenvalue weighted by atomic mass is 9.71. The van der Waals surface area contributed by atoms with Crippen LogP contribution in [0.4, 0.5) is 4.39 Å². The smallest absolute Gasteiger partial charge is 0.223 e. The van der Waals surface area contributed by atoms with Crippen LogP contribution in [0.25, 0.3) is 6.08 Å². The van der Waals surface area contributed by atoms with Crippen LogP contribution in [0.5, 0.6) is 0 Å². The van der Waals surface area contributed by atoms with Gasteiger partial charge in [-0.3, -0.25) is 9.59 Å². The van der Waals surface area contributed by atoms with E-state index < -0.39 is 46.9 Å². The number of thiazole rings is 1. The summed E-state index contributed by atoms with van der Waals surface area (Å²) >= 11 is 1.42. The van der Waals surface area contributed by atoms with Crippen LogP contribution in [-0.2, 0) is 14.3 Å². The minimum atomic E-state index is -1.29. The highest BCUT2D eigenvalue weighted by Gasteiger charge is 2.53. The fourth-order valence-corrected chi connectivity index (χ4v) is 5.96. The molecular weight excluding hydrogens is 495 g/mol. The molecule has 0 bridgehead atoms. The standard InChI is InChI=1S/C28H43FN2O5S/c1-7-9-19-25(34)16(2)10-8-11-28(6)23(36-28)13-21(20(29)12-18-15-37-17(3)30-18)31-24(33)14-22(32)27(4,5)26(19)35/h12,15-16,19,21-23,25,32,34H,7-11,13-14H2,1-6H3,(H,31,33)/b20-12-/t16-,19+,21-,22-,23-,25-,28+/m0/s1. The lowest BCUT2D eigenvalue weighted by Gasteiger charge is -2.36. The van der Waals surface area contributed by atoms with Gasteiger partial charge in [-0.2, -0.15) is 0 Å². The van der Waals surface area contributed by atoms with E-state index in [1.165, 1.54) is 17.4 Å². The molecule has 3 rings (SSSR count). The van der Waals surface area contributed by atoms with Gasteiger partial charge in [-0.1, -0.05) is 40.5 Å². The maximum Gasteiger partial charge on any atom is 0.223 e. The summed E-state index contributed by atoms with van der Waals surface area (Å²) in [5.41, 5.74) is -1.19. The molecule has 3 N–H and O–H groups in total. The summed E-state index contributed by atoms with van der Waals surface area (Å²) in [4.78, 5) is 30.8. The molecule has 0 radical (unpaired) electrons. The Labute approximate surface area is 223 Å². The van der Waals surface area contributed by atoms with Gasteiger partial charge in [0.25, 0.3) is 0 Å². The summed E-state index contributed by atoms with van der Waals surface area (Å²) < 4.78 is 21.4. The fraction of sp³-hybridized carbons (Fsp3) is 0.750. The number of epoxide rings is 1. The molecule has 7 atom stereocenters. The van der Waals surface area contributed by atoms with Gasteiger partial charge in [-0.15, -0.1) is 11.3 Å². The first kappa shape index (κ1) is 29.9. The predicted molar refractivity (Wildman–Crippen MR) is 143 cm³/mol. The van der Waals surface area contributed by atoms with Gasteiger partial charge in [-0.05, 0) is 45.1 Å². The third-order valence-electron chi connectivity index (χ3n) is 8.19. The Morgan fingerprint density at radius 2 is 2.03 bits per heavy atom. The van der Waals surface area contributed by atoms with Gasteiger partial charge < -0.3 is 20.3 Å². The number of nitrogens with zero attached hydrogens (tertiary/aromatic N) is 1. The van der Waals surface area contributed by atoms with E-state index in [1.54, 1.807) is 19.2 Å². The molecule has 0 spiro atoms. The summed E-state index contributed by atoms with van der Waals surface area (Å²) in [6.07, 6.45) is 2.35. The topological polar surface area (TPSA) is 112 Å². The number of aliphatic hydroxyl groups is 2. The van der Waals surface area contributed by atoms with Crippen molar-refractivity contribution in [2.45, 2.75) is 116 Å². The van der Waals surface area contributed by atoms with E-state index in [0.29, 0.717) is 18.5 Å². The molecule has 0 aromatic carbocycles. The van der Waals surface area contributed by atoms with Gasteiger partial charge in [0, 0.05) is 17.7 Å². The van der Waals surface area contributed by atoms with Crippen molar-refractivity contribution in [1.82, 2.24) is 10.3 Å². The lowest BCUT2D eigenvalue weighted by molar-refractivity contribution is -0.144. The second kappa shape index (κ2) is 12.0. The molecule has 1 aromatic heterocycles. The van der Waals surface area contributed by atoms with E-state index in [-0.39, 0.29) is 30.6 Å². The zero-order valence-corrected chi connectivity index (χ0v) is 23.7. The van der Waals surface area contributed by atoms with Gasteiger partial charge in [0.05, 0.1) is 52.5 Å². The average Bonchev–Trinajstić information content (AvgIpc) is 3.27. The fourth-order valence-electron chi connectivity index (χ4n) is 5.39. The van der Waals surface area contributed by atoms with Crippen molar-refractivity contribution in [3.8, 4) is 0 Å². The number of carbonyl (C=O) groups is 2. The molecule has 0 unspecified atom stereocenters. The first-order valence-corrected chi connectivity index (χ1v) is 14.3. The molecule has 2 aliphatic rings. The number of aliphatic hydroxyl groups excluding tert-OH is 2. The van der Waals surface area contributed by atoms with Gasteiger partial charge in [0.2, 0.25) is 5.91 Å². The van der Waals surface area contributed by atoms with Gasteiger partial charge in [-0.25, -0.2) is 9.37 Å². The highest BCUT2D eigenvalue weighted by molar-refractivity contribution is 7.09. The number of amides is 1. The molecule has 7 nitrogen and oxygen atoms in total. The Morgan fingerprint density at radius 3 is 2.65 bits per heavy atom. The number of hydrogen-bond donors (Lipinski definition) is 3. The van der Waals surface area contributed by atoms with Crippen molar-refractivity contribution in [1.29, 1.82) is 0 Å². The summed E-state index contributed by atoms with van der Waals surface area (Å²) in [5, 5.41) is 27.4. The van der Waals surface area contributed by atoms with Gasteiger partial charge >= 0.3 is 0 Å². The molecule has 0 saturated carbocycles. The number of ether oxygens (including phenoxy) is 1. The minimum absolute atomic E-state index is 0.111. The quantitative estimate of drug-likeness (QED) is 0.478. The zero-order chi connectivity index (χ0) is 27.5. The Morgan fingerprint density at radius 1 is 1.32 bits per heavy atom. The van der Waals surface area contributed by atoms with Crippen LogP contribution in [0, 0.1) is 24.2 Å². The van der Waals surface area contributed by atoms with Crippen LogP contribution in [-0.4, -0.2) is 56.8 Å². The molecule has 0 aliphatic carbocycles. The third kappa shape index (κ3) is 7.25. The molecule has 37 heavy (non-hydrogen) atoms. The molecule has 208 valence electrons. The third-order valence-corrected chi connectivity index (χ3v) is 8.98. The van der Waals surface area contributed by atoms with Crippen molar-refractivity contribution < 1.29 is 28.9 Å². The number of Topliss-reactive ketones (excluding diaryl/α,β-unsaturated/α-hetero) is 1. The van der Waals surface area contributed by atoms with E-state index in [9.17, 15) is 19.8 Å². The summed E-state index contributed by atoms with van der Waals surface area (Å²) in [5.74, 6) is -2.06. The molecular formula is C28H43FN2O5S. The molecule has 2 saturated heterocycles. The average molecular weight is 539 g/mol. The number of hydrogen-bond acceptors (Lipinski definition) is 7. The lowest BCUT2D eigenvalue weighted by Crippen LogP contribution is -2.48. The number of aromatic nitrogens is 1. The van der Waals surface area contributed by atoms with Crippen molar-refractivity contribution in [3.05, 3.63) is 21.9 Å². The number of ketones is 1. The second-order valence-electron chi connectivity index (χ2n) is 11.7. The first-order chi connectivity index (χ1) is 17.3. The zero-order valence-electron chi connectivity index (χ0n) is 22.9. The van der Waals surface area contributed by atoms with Crippen LogP contribution in [0.3, 0.4) is 0 Å². The number of halogens is 1. The van der Waals surface area contributed by atoms with Gasteiger partial charge in [0.1, 0.15) is 11.6 Å². The van der Waals surface area contributed by atoms with E-state index in [4.69, 9.17) is 4.74 Å². The van der Waals surface area contributed by atoms with Crippen LogP contribution in [0.1, 0.15) is 90.3 Å². The summed E-state index contributed by atoms with van der Waals surface area (Å²) in [6, 6.07) is -0.936. The maximum absolute atomic E-state index is 15.4. The Kier molecular flexibility index (Phi) is 9.70. The van der Waals surface area contributed by atoms with E-state index >= 15 is 4.39 Å². The van der Waals surface area contributed by atoms with E-state index in [2.05, 4.69) is 10.3 Å². The number of fused-ring (bicyclic) bond motifs is 1. The normalized spacial score (nSPS) is 36.1. The number of carbonyl (C=O) groups excluding carboxylic acids is 2. The first-order valence-electron chi connectivity index (χ1n) is 13.4. The largest absolute Gasteiger partial charge is 0.392 e. The van der Waals surface area contributed by atoms with Crippen molar-refractivity contribution >= 4 is 29.1 Å². The summed E-state index contributed by atoms with van der Waals surface area (Å²) in [6.45, 7) is 11.0. The van der Waals surface area contributed by atoms with Gasteiger partial charge in [0.15, 0.2) is 0 Å². The molecule has 1 aromatic rings. The Hall–Kier alpha value is -1.68. The maximum atomic E-state index is 15.4. The number of rotatable bonds is 4. The minimum Gasteiger partial charge on any atom is -0.392 e. The monoisotopic (exact) mass is 538 g/mol. The van der Waals surface area contributed by atoms with Crippen molar-refractivity contribution in [2.75, 3.05) is 0 Å². The highest BCUT2D eigenvalue weighted by atomic mass is 32.1.